The third-order valence-electron chi connectivity index (χ3n) is 9.23. The molecule has 3 heteroatoms. The van der Waals surface area contributed by atoms with Crippen LogP contribution in [0.5, 0.6) is 5.75 Å². The van der Waals surface area contributed by atoms with Gasteiger partial charge in [0.05, 0.1) is 12.2 Å². The number of benzene rings is 2. The molecule has 47 heavy (non-hydrogen) atoms. The quantitative estimate of drug-likeness (QED) is 0.0337. The van der Waals surface area contributed by atoms with Gasteiger partial charge in [-0.2, -0.15) is 0 Å². The summed E-state index contributed by atoms with van der Waals surface area (Å²) in [6.07, 6.45) is 38.1. The minimum atomic E-state index is -0.00961. The topological polar surface area (TPSA) is 26.3 Å². The smallest absolute Gasteiger partial charge is 0.189 e. The van der Waals surface area contributed by atoms with Gasteiger partial charge in [0.1, 0.15) is 5.75 Å². The maximum Gasteiger partial charge on any atom is 0.189 e. The predicted octanol–water partition coefficient (Wildman–Crippen LogP) is 14.8. The highest BCUT2D eigenvalue weighted by Gasteiger charge is 2.09. The molecular formula is C44H70O2S. The zero-order valence-corrected chi connectivity index (χ0v) is 31.4. The van der Waals surface area contributed by atoms with Crippen molar-refractivity contribution in [3.05, 3.63) is 65.7 Å². The number of ketones is 1. The highest BCUT2D eigenvalue weighted by molar-refractivity contribution is 7.99. The summed E-state index contributed by atoms with van der Waals surface area (Å²) in [6.45, 7) is 5.19. The Labute approximate surface area is 295 Å². The first kappa shape index (κ1) is 41.2. The van der Waals surface area contributed by atoms with Gasteiger partial charge in [-0.05, 0) is 54.5 Å². The van der Waals surface area contributed by atoms with E-state index in [1.54, 1.807) is 6.08 Å². The van der Waals surface area contributed by atoms with E-state index >= 15 is 0 Å². The zero-order chi connectivity index (χ0) is 33.5. The number of allylic oxidation sites excluding steroid dienone is 1. The molecule has 2 aromatic carbocycles. The second kappa shape index (κ2) is 30.1. The summed E-state index contributed by atoms with van der Waals surface area (Å²) in [6, 6.07) is 16.2. The van der Waals surface area contributed by atoms with Gasteiger partial charge in [0.15, 0.2) is 5.78 Å². The van der Waals surface area contributed by atoms with Gasteiger partial charge in [0.2, 0.25) is 0 Å². The van der Waals surface area contributed by atoms with Gasteiger partial charge in [-0.15, -0.1) is 11.8 Å². The summed E-state index contributed by atoms with van der Waals surface area (Å²) in [7, 11) is 0. The van der Waals surface area contributed by atoms with E-state index in [0.717, 1.165) is 12.0 Å². The highest BCUT2D eigenvalue weighted by atomic mass is 32.2. The maximum absolute atomic E-state index is 12.9. The Morgan fingerprint density at radius 1 is 0.553 bits per heavy atom. The predicted molar refractivity (Wildman–Crippen MR) is 209 cm³/mol. The summed E-state index contributed by atoms with van der Waals surface area (Å²) < 4.78 is 5.97. The molecule has 2 rings (SSSR count). The Bertz CT molecular complexity index is 1030. The van der Waals surface area contributed by atoms with Crippen molar-refractivity contribution in [1.82, 2.24) is 0 Å². The van der Waals surface area contributed by atoms with Crippen LogP contribution in [0.25, 0.3) is 6.08 Å². The summed E-state index contributed by atoms with van der Waals surface area (Å²) in [5.41, 5.74) is 1.69. The SMILES string of the molecule is CCCCCCCCCCCCCCCCCCCCCCSc1ccc(C=CC(=O)c2ccccc2OCCCCCCC)cc1. The van der Waals surface area contributed by atoms with Crippen molar-refractivity contribution in [3.8, 4) is 5.75 Å². The number of hydrogen-bond donors (Lipinski definition) is 0. The standard InChI is InChI=1S/C44H70O2S/c1-3-5-7-9-10-11-12-13-14-15-16-17-18-19-20-21-22-23-25-29-39-47-41-35-32-40(33-36-41)34-37-43(45)42-30-26-27-31-44(42)46-38-28-24-8-6-4-2/h26-27,30-37H,3-25,28-29,38-39H2,1-2H3. The molecule has 264 valence electrons. The van der Waals surface area contributed by atoms with Crippen molar-refractivity contribution in [2.24, 2.45) is 0 Å². The number of para-hydroxylation sites is 1. The lowest BCUT2D eigenvalue weighted by Crippen LogP contribution is -2.03. The fourth-order valence-corrected chi connectivity index (χ4v) is 7.08. The molecule has 0 aromatic heterocycles. The van der Waals surface area contributed by atoms with Crippen molar-refractivity contribution in [2.45, 2.75) is 179 Å². The van der Waals surface area contributed by atoms with Crippen LogP contribution in [-0.2, 0) is 0 Å². The van der Waals surface area contributed by atoms with Crippen molar-refractivity contribution in [2.75, 3.05) is 12.4 Å². The van der Waals surface area contributed by atoms with Crippen molar-refractivity contribution < 1.29 is 9.53 Å². The van der Waals surface area contributed by atoms with Gasteiger partial charge >= 0.3 is 0 Å². The van der Waals surface area contributed by atoms with Crippen LogP contribution in [0.15, 0.2) is 59.5 Å². The Kier molecular flexibility index (Phi) is 26.4. The molecule has 0 spiro atoms. The van der Waals surface area contributed by atoms with E-state index in [2.05, 4.69) is 38.1 Å². The number of carbonyl (C=O) groups excluding carboxylic acids is 1. The Morgan fingerprint density at radius 2 is 1.00 bits per heavy atom. The van der Waals surface area contributed by atoms with E-state index in [4.69, 9.17) is 4.74 Å². The van der Waals surface area contributed by atoms with Crippen LogP contribution >= 0.6 is 11.8 Å². The monoisotopic (exact) mass is 663 g/mol. The van der Waals surface area contributed by atoms with E-state index in [-0.39, 0.29) is 5.78 Å². The summed E-state index contributed by atoms with van der Waals surface area (Å²) in [4.78, 5) is 14.2. The lowest BCUT2D eigenvalue weighted by atomic mass is 10.0. The van der Waals surface area contributed by atoms with Crippen LogP contribution in [-0.4, -0.2) is 18.1 Å². The molecule has 0 saturated carbocycles. The highest BCUT2D eigenvalue weighted by Crippen LogP contribution is 2.23. The number of rotatable bonds is 32. The van der Waals surface area contributed by atoms with Gasteiger partial charge in [-0.3, -0.25) is 4.79 Å². The first-order valence-corrected chi connectivity index (χ1v) is 20.9. The molecule has 0 saturated heterocycles. The Morgan fingerprint density at radius 3 is 1.51 bits per heavy atom. The molecular weight excluding hydrogens is 593 g/mol. The molecule has 0 unspecified atom stereocenters. The second-order valence-corrected chi connectivity index (χ2v) is 14.8. The van der Waals surface area contributed by atoms with E-state index in [9.17, 15) is 4.79 Å². The molecule has 0 N–H and O–H groups in total. The van der Waals surface area contributed by atoms with Gasteiger partial charge < -0.3 is 4.74 Å². The summed E-state index contributed by atoms with van der Waals surface area (Å²) in [5, 5.41) is 0. The van der Waals surface area contributed by atoms with Gasteiger partial charge in [-0.25, -0.2) is 0 Å². The van der Waals surface area contributed by atoms with Crippen molar-refractivity contribution in [3.63, 3.8) is 0 Å². The van der Waals surface area contributed by atoms with Crippen LogP contribution in [0.3, 0.4) is 0 Å². The first-order valence-electron chi connectivity index (χ1n) is 19.9. The largest absolute Gasteiger partial charge is 0.493 e. The molecule has 0 aliphatic heterocycles. The van der Waals surface area contributed by atoms with Crippen molar-refractivity contribution >= 4 is 23.6 Å². The molecule has 0 radical (unpaired) electrons. The van der Waals surface area contributed by atoms with E-state index in [1.807, 2.05) is 42.1 Å². The average Bonchev–Trinajstić information content (AvgIpc) is 3.10. The Hall–Kier alpha value is -2.00. The average molecular weight is 663 g/mol. The first-order chi connectivity index (χ1) is 23.2. The Balaban J connectivity index is 1.44. The number of unbranched alkanes of at least 4 members (excludes halogenated alkanes) is 23. The lowest BCUT2D eigenvalue weighted by molar-refractivity contribution is 0.104. The third kappa shape index (κ3) is 22.3. The minimum absolute atomic E-state index is 0.00961. The van der Waals surface area contributed by atoms with E-state index in [0.29, 0.717) is 17.9 Å². The van der Waals surface area contributed by atoms with Gasteiger partial charge in [-0.1, -0.05) is 192 Å². The molecule has 0 aliphatic rings. The normalized spacial score (nSPS) is 11.4. The number of thioether (sulfide) groups is 1. The molecule has 2 nitrogen and oxygen atoms in total. The van der Waals surface area contributed by atoms with Crippen LogP contribution in [0.1, 0.15) is 190 Å². The van der Waals surface area contributed by atoms with Crippen LogP contribution in [0, 0.1) is 0 Å². The lowest BCUT2D eigenvalue weighted by Gasteiger charge is -2.09. The van der Waals surface area contributed by atoms with Crippen LogP contribution < -0.4 is 4.74 Å². The fraction of sp³-hybridized carbons (Fsp3) is 0.659. The van der Waals surface area contributed by atoms with Crippen LogP contribution in [0.4, 0.5) is 0 Å². The van der Waals surface area contributed by atoms with Crippen LogP contribution in [0.2, 0.25) is 0 Å². The molecule has 2 aromatic rings. The zero-order valence-electron chi connectivity index (χ0n) is 30.6. The molecule has 0 amide bonds. The van der Waals surface area contributed by atoms with E-state index in [1.165, 1.54) is 165 Å². The second-order valence-electron chi connectivity index (χ2n) is 13.6. The number of carbonyl (C=O) groups is 1. The molecule has 0 bridgehead atoms. The summed E-state index contributed by atoms with van der Waals surface area (Å²) in [5.74, 6) is 1.86. The third-order valence-corrected chi connectivity index (χ3v) is 10.3. The number of hydrogen-bond acceptors (Lipinski definition) is 3. The van der Waals surface area contributed by atoms with Gasteiger partial charge in [0.25, 0.3) is 0 Å². The maximum atomic E-state index is 12.9. The molecule has 0 heterocycles. The minimum Gasteiger partial charge on any atom is -0.493 e. The fourth-order valence-electron chi connectivity index (χ4n) is 6.17. The molecule has 0 aliphatic carbocycles. The molecule has 0 atom stereocenters. The van der Waals surface area contributed by atoms with Crippen molar-refractivity contribution in [1.29, 1.82) is 0 Å². The van der Waals surface area contributed by atoms with E-state index < -0.39 is 0 Å². The van der Waals surface area contributed by atoms with Gasteiger partial charge in [0, 0.05) is 4.90 Å². The number of ether oxygens (including phenoxy) is 1. The summed E-state index contributed by atoms with van der Waals surface area (Å²) >= 11 is 1.95. The molecule has 0 fully saturated rings.